The molecule has 0 aromatic heterocycles. The van der Waals surface area contributed by atoms with Crippen molar-refractivity contribution in [2.24, 2.45) is 5.73 Å². The number of nitrogens with one attached hydrogen (secondary N) is 1. The molecule has 50 heavy (non-hydrogen) atoms. The van der Waals surface area contributed by atoms with Gasteiger partial charge in [-0.2, -0.15) is 0 Å². The Bertz CT molecular complexity index is 1090. The molecule has 3 unspecified atom stereocenters. The van der Waals surface area contributed by atoms with Gasteiger partial charge >= 0.3 is 7.82 Å². The van der Waals surface area contributed by atoms with Crippen LogP contribution in [0.2, 0.25) is 0 Å². The first-order chi connectivity index (χ1) is 24.4. The second-order valence-electron chi connectivity index (χ2n) is 12.0. The molecule has 0 rings (SSSR count). The number of aliphatic hydroxyl groups is 1. The van der Waals surface area contributed by atoms with E-state index in [1.165, 1.54) is 6.42 Å². The van der Waals surface area contributed by atoms with Crippen LogP contribution in [0.3, 0.4) is 0 Å². The van der Waals surface area contributed by atoms with Gasteiger partial charge < -0.3 is 21.1 Å². The summed E-state index contributed by atoms with van der Waals surface area (Å²) in [7, 11) is -4.35. The van der Waals surface area contributed by atoms with Crippen molar-refractivity contribution in [2.45, 2.75) is 135 Å². The van der Waals surface area contributed by atoms with Crippen molar-refractivity contribution in [1.82, 2.24) is 5.32 Å². The zero-order valence-corrected chi connectivity index (χ0v) is 32.0. The zero-order chi connectivity index (χ0) is 36.8. The van der Waals surface area contributed by atoms with Gasteiger partial charge in [0.1, 0.15) is 0 Å². The first-order valence-electron chi connectivity index (χ1n) is 18.9. The second kappa shape index (κ2) is 36.2. The van der Waals surface area contributed by atoms with Gasteiger partial charge in [-0.25, -0.2) is 4.57 Å². The predicted molar refractivity (Wildman–Crippen MR) is 212 cm³/mol. The van der Waals surface area contributed by atoms with Crippen LogP contribution in [0.1, 0.15) is 123 Å². The first-order valence-corrected chi connectivity index (χ1v) is 20.4. The molecule has 5 N–H and O–H groups in total. The average Bonchev–Trinajstić information content (AvgIpc) is 3.10. The summed E-state index contributed by atoms with van der Waals surface area (Å²) in [4.78, 5) is 22.5. The summed E-state index contributed by atoms with van der Waals surface area (Å²) in [5, 5.41) is 13.5. The van der Waals surface area contributed by atoms with Crippen LogP contribution in [0.4, 0.5) is 0 Å². The highest BCUT2D eigenvalue weighted by Crippen LogP contribution is 2.43. The number of phosphoric acid groups is 1. The van der Waals surface area contributed by atoms with Crippen LogP contribution in [0.25, 0.3) is 0 Å². The Morgan fingerprint density at radius 2 is 1.18 bits per heavy atom. The summed E-state index contributed by atoms with van der Waals surface area (Å²) in [5.41, 5.74) is 5.34. The van der Waals surface area contributed by atoms with Crippen molar-refractivity contribution in [2.75, 3.05) is 19.8 Å². The standard InChI is InChI=1S/C41H69N2O6P/c1-3-5-7-9-11-13-14-15-16-17-18-19-20-21-22-23-24-25-26-27-29-31-33-35-41(45)43-39(38-49-50(46,47)48-37-36-42)40(44)34-32-30-28-12-10-8-6-4-2/h5,7,10-13,15-16,18-19,21-22,24-25,32,34,39-40,44H,3-4,6,8-9,14,17,20,23,26-31,33,35-38,42H2,1-2H3,(H,43,45)(H,46,47)/b7-5-,12-10+,13-11-,16-15-,19-18-,22-21-,25-24-,34-32+. The SMILES string of the molecule is CC/C=C\C/C=C\C/C=C\C/C=C\C/C=C\C/C=C\CCCCCCC(=O)NC(COP(=O)(O)OCCN)C(O)/C=C/CC/C=C/CCCC. The summed E-state index contributed by atoms with van der Waals surface area (Å²) in [6.07, 6.45) is 49.0. The Morgan fingerprint density at radius 3 is 1.76 bits per heavy atom. The molecule has 0 saturated carbocycles. The van der Waals surface area contributed by atoms with Crippen molar-refractivity contribution >= 4 is 13.7 Å². The van der Waals surface area contributed by atoms with Crippen LogP contribution in [-0.4, -0.2) is 47.8 Å². The molecule has 0 aliphatic heterocycles. The fraction of sp³-hybridized carbons (Fsp3) is 0.585. The third-order valence-corrected chi connectivity index (χ3v) is 8.38. The average molecular weight is 717 g/mol. The lowest BCUT2D eigenvalue weighted by atomic mass is 10.1. The summed E-state index contributed by atoms with van der Waals surface area (Å²) in [6.45, 7) is 3.86. The molecule has 8 nitrogen and oxygen atoms in total. The molecule has 0 bridgehead atoms. The Labute approximate surface area is 304 Å². The fourth-order valence-electron chi connectivity index (χ4n) is 4.55. The van der Waals surface area contributed by atoms with Crippen LogP contribution in [0.5, 0.6) is 0 Å². The Morgan fingerprint density at radius 1 is 0.680 bits per heavy atom. The first kappa shape index (κ1) is 47.4. The maximum Gasteiger partial charge on any atom is 0.472 e. The number of allylic oxidation sites excluding steroid dienone is 15. The van der Waals surface area contributed by atoms with Gasteiger partial charge in [0, 0.05) is 13.0 Å². The summed E-state index contributed by atoms with van der Waals surface area (Å²) in [6, 6.07) is -0.895. The van der Waals surface area contributed by atoms with Crippen LogP contribution in [0, 0.1) is 0 Å². The van der Waals surface area contributed by atoms with Gasteiger partial charge in [0.15, 0.2) is 0 Å². The molecule has 0 saturated heterocycles. The lowest BCUT2D eigenvalue weighted by Gasteiger charge is -2.23. The van der Waals surface area contributed by atoms with Gasteiger partial charge in [0.2, 0.25) is 5.91 Å². The van der Waals surface area contributed by atoms with E-state index in [0.29, 0.717) is 6.42 Å². The summed E-state index contributed by atoms with van der Waals surface area (Å²) < 4.78 is 21.9. The third kappa shape index (κ3) is 33.9. The van der Waals surface area contributed by atoms with Gasteiger partial charge in [0.05, 0.1) is 25.4 Å². The summed E-state index contributed by atoms with van der Waals surface area (Å²) >= 11 is 0. The molecule has 0 aliphatic rings. The van der Waals surface area contributed by atoms with Crippen LogP contribution in [-0.2, 0) is 18.4 Å². The third-order valence-electron chi connectivity index (χ3n) is 7.39. The number of phosphoric ester groups is 1. The minimum Gasteiger partial charge on any atom is -0.387 e. The van der Waals surface area contributed by atoms with Crippen LogP contribution >= 0.6 is 7.82 Å². The molecule has 9 heteroatoms. The van der Waals surface area contributed by atoms with E-state index < -0.39 is 20.0 Å². The minimum absolute atomic E-state index is 0.0632. The van der Waals surface area contributed by atoms with E-state index in [0.717, 1.165) is 96.3 Å². The van der Waals surface area contributed by atoms with Gasteiger partial charge in [-0.15, -0.1) is 0 Å². The Kier molecular flexibility index (Phi) is 34.4. The van der Waals surface area contributed by atoms with Crippen molar-refractivity contribution < 1.29 is 28.4 Å². The quantitative estimate of drug-likeness (QED) is 0.0302. The number of carbonyl (C=O) groups is 1. The van der Waals surface area contributed by atoms with E-state index in [1.54, 1.807) is 6.08 Å². The summed E-state index contributed by atoms with van der Waals surface area (Å²) in [5.74, 6) is -0.238. The number of nitrogens with two attached hydrogens (primary N) is 1. The van der Waals surface area contributed by atoms with E-state index in [4.69, 9.17) is 14.8 Å². The van der Waals surface area contributed by atoms with Gasteiger partial charge in [-0.1, -0.05) is 137 Å². The number of amides is 1. The topological polar surface area (TPSA) is 131 Å². The molecule has 0 aliphatic carbocycles. The minimum atomic E-state index is -4.35. The molecule has 0 aromatic carbocycles. The monoisotopic (exact) mass is 716 g/mol. The Hall–Kier alpha value is -2.58. The van der Waals surface area contributed by atoms with Crippen molar-refractivity contribution in [3.05, 3.63) is 97.2 Å². The number of aliphatic hydroxyl groups excluding tert-OH is 1. The van der Waals surface area contributed by atoms with E-state index in [1.807, 2.05) is 6.08 Å². The smallest absolute Gasteiger partial charge is 0.387 e. The van der Waals surface area contributed by atoms with E-state index in [2.05, 4.69) is 104 Å². The van der Waals surface area contributed by atoms with Crippen LogP contribution < -0.4 is 11.1 Å². The van der Waals surface area contributed by atoms with E-state index in [9.17, 15) is 19.4 Å². The highest BCUT2D eigenvalue weighted by molar-refractivity contribution is 7.47. The highest BCUT2D eigenvalue weighted by atomic mass is 31.2. The van der Waals surface area contributed by atoms with Crippen molar-refractivity contribution in [3.63, 3.8) is 0 Å². The van der Waals surface area contributed by atoms with Crippen molar-refractivity contribution in [1.29, 1.82) is 0 Å². The van der Waals surface area contributed by atoms with Crippen molar-refractivity contribution in [3.8, 4) is 0 Å². The number of rotatable bonds is 33. The van der Waals surface area contributed by atoms with Gasteiger partial charge in [-0.3, -0.25) is 13.8 Å². The molecule has 0 heterocycles. The largest absolute Gasteiger partial charge is 0.472 e. The number of hydrogen-bond acceptors (Lipinski definition) is 6. The number of unbranched alkanes of at least 4 members (excludes halogenated alkanes) is 7. The van der Waals surface area contributed by atoms with E-state index in [-0.39, 0.29) is 25.7 Å². The lowest BCUT2D eigenvalue weighted by Crippen LogP contribution is -2.45. The normalized spacial score (nSPS) is 15.4. The lowest BCUT2D eigenvalue weighted by molar-refractivity contribution is -0.123. The molecular weight excluding hydrogens is 647 g/mol. The molecule has 0 radical (unpaired) electrons. The molecule has 0 fully saturated rings. The Balaban J connectivity index is 4.27. The fourth-order valence-corrected chi connectivity index (χ4v) is 5.30. The molecule has 1 amide bonds. The molecule has 0 aromatic rings. The highest BCUT2D eigenvalue weighted by Gasteiger charge is 2.26. The zero-order valence-electron chi connectivity index (χ0n) is 31.1. The predicted octanol–water partition coefficient (Wildman–Crippen LogP) is 10.0. The number of hydrogen-bond donors (Lipinski definition) is 4. The molecule has 3 atom stereocenters. The van der Waals surface area contributed by atoms with E-state index >= 15 is 0 Å². The maximum atomic E-state index is 12.7. The molecule has 284 valence electrons. The van der Waals surface area contributed by atoms with Gasteiger partial charge in [-0.05, 0) is 77.0 Å². The second-order valence-corrected chi connectivity index (χ2v) is 13.5. The molecular formula is C41H69N2O6P. The van der Waals surface area contributed by atoms with Gasteiger partial charge in [0.25, 0.3) is 0 Å². The molecule has 0 spiro atoms. The number of carbonyl (C=O) groups excluding carboxylic acids is 1. The van der Waals surface area contributed by atoms with Crippen LogP contribution in [0.15, 0.2) is 97.2 Å². The maximum absolute atomic E-state index is 12.7.